The Labute approximate surface area is 97.5 Å². The van der Waals surface area contributed by atoms with Crippen LogP contribution in [0, 0.1) is 5.92 Å². The van der Waals surface area contributed by atoms with Gasteiger partial charge in [0.1, 0.15) is 0 Å². The third kappa shape index (κ3) is 11.7. The van der Waals surface area contributed by atoms with Crippen LogP contribution in [0.25, 0.3) is 0 Å². The predicted octanol–water partition coefficient (Wildman–Crippen LogP) is 2.32. The Hall–Kier alpha value is -0.220. The number of carbonyl (C=O) groups excluding carboxylic acids is 1. The molecule has 0 bridgehead atoms. The SMILES string of the molecule is CC(C)CCSCCCCCC(=O)NN. The smallest absolute Gasteiger partial charge is 0.233 e. The first-order chi connectivity index (χ1) is 7.16. The number of hydrogen-bond acceptors (Lipinski definition) is 3. The maximum atomic E-state index is 10.8. The molecule has 0 aliphatic carbocycles. The van der Waals surface area contributed by atoms with Crippen molar-refractivity contribution in [2.45, 2.75) is 46.0 Å². The number of rotatable bonds is 9. The number of carbonyl (C=O) groups is 1. The molecule has 1 amide bonds. The van der Waals surface area contributed by atoms with Crippen LogP contribution in [0.1, 0.15) is 46.0 Å². The minimum Gasteiger partial charge on any atom is -0.294 e. The fraction of sp³-hybridized carbons (Fsp3) is 0.909. The molecule has 0 aromatic carbocycles. The Morgan fingerprint density at radius 3 is 2.60 bits per heavy atom. The third-order valence-corrected chi connectivity index (χ3v) is 3.29. The molecule has 0 aromatic rings. The molecule has 0 radical (unpaired) electrons. The van der Waals surface area contributed by atoms with Crippen LogP contribution in [-0.4, -0.2) is 17.4 Å². The van der Waals surface area contributed by atoms with Gasteiger partial charge >= 0.3 is 0 Å². The molecule has 0 unspecified atom stereocenters. The Morgan fingerprint density at radius 1 is 1.27 bits per heavy atom. The number of nitrogens with two attached hydrogens (primary N) is 1. The van der Waals surface area contributed by atoms with Crippen LogP contribution in [0.2, 0.25) is 0 Å². The molecule has 3 N–H and O–H groups in total. The highest BCUT2D eigenvalue weighted by molar-refractivity contribution is 7.99. The van der Waals surface area contributed by atoms with Gasteiger partial charge in [-0.2, -0.15) is 11.8 Å². The second-order valence-electron chi connectivity index (χ2n) is 4.17. The fourth-order valence-corrected chi connectivity index (χ4v) is 2.41. The lowest BCUT2D eigenvalue weighted by Gasteiger charge is -2.04. The van der Waals surface area contributed by atoms with Crippen LogP contribution in [0.5, 0.6) is 0 Å². The summed E-state index contributed by atoms with van der Waals surface area (Å²) in [6.07, 6.45) is 5.16. The van der Waals surface area contributed by atoms with Crippen LogP contribution in [0.3, 0.4) is 0 Å². The number of amides is 1. The highest BCUT2D eigenvalue weighted by Gasteiger charge is 1.98. The van der Waals surface area contributed by atoms with E-state index in [9.17, 15) is 4.79 Å². The summed E-state index contributed by atoms with van der Waals surface area (Å²) >= 11 is 2.02. The van der Waals surface area contributed by atoms with E-state index in [0.29, 0.717) is 6.42 Å². The van der Waals surface area contributed by atoms with E-state index in [-0.39, 0.29) is 5.91 Å². The molecule has 0 spiro atoms. The normalized spacial score (nSPS) is 10.7. The predicted molar refractivity (Wildman–Crippen MR) is 67.6 cm³/mol. The molecule has 0 aliphatic rings. The van der Waals surface area contributed by atoms with Crippen molar-refractivity contribution in [2.75, 3.05) is 11.5 Å². The van der Waals surface area contributed by atoms with Gasteiger partial charge in [0, 0.05) is 6.42 Å². The molecule has 4 heteroatoms. The standard InChI is InChI=1S/C11H24N2OS/c1-10(2)7-9-15-8-5-3-4-6-11(14)13-12/h10H,3-9,12H2,1-2H3,(H,13,14). The van der Waals surface area contributed by atoms with Gasteiger partial charge in [0.25, 0.3) is 0 Å². The minimum absolute atomic E-state index is 0.0533. The van der Waals surface area contributed by atoms with Gasteiger partial charge < -0.3 is 0 Å². The lowest BCUT2D eigenvalue weighted by molar-refractivity contribution is -0.121. The van der Waals surface area contributed by atoms with Crippen LogP contribution in [-0.2, 0) is 4.79 Å². The van der Waals surface area contributed by atoms with Crippen molar-refractivity contribution in [1.82, 2.24) is 5.43 Å². The van der Waals surface area contributed by atoms with E-state index in [1.807, 2.05) is 11.8 Å². The zero-order valence-electron chi connectivity index (χ0n) is 9.92. The second-order valence-corrected chi connectivity index (χ2v) is 5.40. The van der Waals surface area contributed by atoms with Crippen molar-refractivity contribution in [2.24, 2.45) is 11.8 Å². The summed E-state index contributed by atoms with van der Waals surface area (Å²) in [5.41, 5.74) is 2.14. The molecular weight excluding hydrogens is 208 g/mol. The van der Waals surface area contributed by atoms with Gasteiger partial charge in [0.15, 0.2) is 0 Å². The van der Waals surface area contributed by atoms with Crippen LogP contribution < -0.4 is 11.3 Å². The van der Waals surface area contributed by atoms with E-state index in [0.717, 1.165) is 18.8 Å². The fourth-order valence-electron chi connectivity index (χ4n) is 1.16. The first-order valence-electron chi connectivity index (χ1n) is 5.74. The van der Waals surface area contributed by atoms with Gasteiger partial charge in [-0.3, -0.25) is 10.2 Å². The molecule has 3 nitrogen and oxygen atoms in total. The van der Waals surface area contributed by atoms with E-state index in [4.69, 9.17) is 5.84 Å². The molecule has 0 saturated heterocycles. The highest BCUT2D eigenvalue weighted by Crippen LogP contribution is 2.11. The molecule has 0 atom stereocenters. The van der Waals surface area contributed by atoms with E-state index in [1.165, 1.54) is 24.3 Å². The van der Waals surface area contributed by atoms with Gasteiger partial charge in [-0.15, -0.1) is 0 Å². The van der Waals surface area contributed by atoms with Crippen molar-refractivity contribution in [3.63, 3.8) is 0 Å². The molecule has 0 fully saturated rings. The van der Waals surface area contributed by atoms with Crippen LogP contribution in [0.4, 0.5) is 0 Å². The molecule has 0 aromatic heterocycles. The maximum absolute atomic E-state index is 10.8. The van der Waals surface area contributed by atoms with Gasteiger partial charge in [-0.05, 0) is 36.7 Å². The van der Waals surface area contributed by atoms with Gasteiger partial charge in [-0.1, -0.05) is 20.3 Å². The van der Waals surface area contributed by atoms with E-state index in [1.54, 1.807) is 0 Å². The molecule has 90 valence electrons. The molecule has 0 rings (SSSR count). The quantitative estimate of drug-likeness (QED) is 0.278. The number of thioether (sulfide) groups is 1. The zero-order chi connectivity index (χ0) is 11.5. The number of hydrogen-bond donors (Lipinski definition) is 2. The minimum atomic E-state index is -0.0533. The number of nitrogens with one attached hydrogen (secondary N) is 1. The topological polar surface area (TPSA) is 55.1 Å². The first kappa shape index (κ1) is 14.8. The van der Waals surface area contributed by atoms with Gasteiger partial charge in [0.2, 0.25) is 5.91 Å². The third-order valence-electron chi connectivity index (χ3n) is 2.19. The van der Waals surface area contributed by atoms with Crippen molar-refractivity contribution in [3.05, 3.63) is 0 Å². The highest BCUT2D eigenvalue weighted by atomic mass is 32.2. The van der Waals surface area contributed by atoms with Crippen molar-refractivity contribution in [1.29, 1.82) is 0 Å². The van der Waals surface area contributed by atoms with Crippen LogP contribution >= 0.6 is 11.8 Å². The number of unbranched alkanes of at least 4 members (excludes halogenated alkanes) is 2. The van der Waals surface area contributed by atoms with E-state index >= 15 is 0 Å². The summed E-state index contributed by atoms with van der Waals surface area (Å²) in [4.78, 5) is 10.8. The largest absolute Gasteiger partial charge is 0.294 e. The lowest BCUT2D eigenvalue weighted by atomic mass is 10.2. The summed E-state index contributed by atoms with van der Waals surface area (Å²) < 4.78 is 0. The van der Waals surface area contributed by atoms with Crippen molar-refractivity contribution in [3.8, 4) is 0 Å². The van der Waals surface area contributed by atoms with Crippen LogP contribution in [0.15, 0.2) is 0 Å². The van der Waals surface area contributed by atoms with Gasteiger partial charge in [-0.25, -0.2) is 5.84 Å². The molecule has 0 saturated carbocycles. The lowest BCUT2D eigenvalue weighted by Crippen LogP contribution is -2.29. The monoisotopic (exact) mass is 232 g/mol. The van der Waals surface area contributed by atoms with Gasteiger partial charge in [0.05, 0.1) is 0 Å². The Bertz CT molecular complexity index is 163. The summed E-state index contributed by atoms with van der Waals surface area (Å²) in [7, 11) is 0. The van der Waals surface area contributed by atoms with E-state index in [2.05, 4.69) is 19.3 Å². The first-order valence-corrected chi connectivity index (χ1v) is 6.89. The Morgan fingerprint density at radius 2 is 2.00 bits per heavy atom. The Kier molecular flexibility index (Phi) is 10.2. The summed E-state index contributed by atoms with van der Waals surface area (Å²) in [6.45, 7) is 4.51. The van der Waals surface area contributed by atoms with E-state index < -0.39 is 0 Å². The second kappa shape index (κ2) is 10.3. The summed E-state index contributed by atoms with van der Waals surface area (Å²) in [6, 6.07) is 0. The average Bonchev–Trinajstić information content (AvgIpc) is 2.21. The average molecular weight is 232 g/mol. The van der Waals surface area contributed by atoms with Crippen molar-refractivity contribution < 1.29 is 4.79 Å². The molecule has 15 heavy (non-hydrogen) atoms. The Balaban J connectivity index is 3.02. The zero-order valence-corrected chi connectivity index (χ0v) is 10.7. The summed E-state index contributed by atoms with van der Waals surface area (Å²) in [5, 5.41) is 0. The molecular formula is C11H24N2OS. The summed E-state index contributed by atoms with van der Waals surface area (Å²) in [5.74, 6) is 8.22. The molecule has 0 aliphatic heterocycles. The molecule has 0 heterocycles. The number of hydrazine groups is 1. The maximum Gasteiger partial charge on any atom is 0.233 e. The van der Waals surface area contributed by atoms with Crippen molar-refractivity contribution >= 4 is 17.7 Å².